The van der Waals surface area contributed by atoms with Gasteiger partial charge in [-0.2, -0.15) is 0 Å². The van der Waals surface area contributed by atoms with Gasteiger partial charge in [0.1, 0.15) is 6.10 Å². The van der Waals surface area contributed by atoms with Gasteiger partial charge in [-0.25, -0.2) is 0 Å². The molecule has 0 fully saturated rings. The molecule has 2 aromatic rings. The molecule has 2 aliphatic rings. The van der Waals surface area contributed by atoms with Gasteiger partial charge in [-0.05, 0) is 41.2 Å². The van der Waals surface area contributed by atoms with E-state index in [0.717, 1.165) is 22.3 Å². The van der Waals surface area contributed by atoms with E-state index < -0.39 is 5.41 Å². The number of hydrogen-bond donors (Lipinski definition) is 0. The zero-order valence-electron chi connectivity index (χ0n) is 16.6. The second kappa shape index (κ2) is 7.70. The van der Waals surface area contributed by atoms with E-state index in [1.165, 1.54) is 14.0 Å². The number of ether oxygens (including phenoxy) is 2. The molecule has 0 radical (unpaired) electrons. The van der Waals surface area contributed by atoms with Crippen molar-refractivity contribution in [3.63, 3.8) is 0 Å². The fourth-order valence-electron chi connectivity index (χ4n) is 4.74. The van der Waals surface area contributed by atoms with Crippen molar-refractivity contribution in [1.29, 1.82) is 0 Å². The molecule has 2 aromatic carbocycles. The third-order valence-corrected chi connectivity index (χ3v) is 5.93. The number of esters is 2. The monoisotopic (exact) mass is 388 g/mol. The van der Waals surface area contributed by atoms with Gasteiger partial charge >= 0.3 is 11.9 Å². The van der Waals surface area contributed by atoms with Gasteiger partial charge in [-0.3, -0.25) is 9.59 Å². The Morgan fingerprint density at radius 3 is 2.17 bits per heavy atom. The number of benzene rings is 2. The van der Waals surface area contributed by atoms with Crippen LogP contribution < -0.4 is 0 Å². The van der Waals surface area contributed by atoms with E-state index in [4.69, 9.17) is 9.47 Å². The predicted molar refractivity (Wildman–Crippen MR) is 112 cm³/mol. The van der Waals surface area contributed by atoms with Crippen molar-refractivity contribution in [2.45, 2.75) is 25.9 Å². The molecule has 4 nitrogen and oxygen atoms in total. The number of methoxy groups -OCH3 is 1. The lowest BCUT2D eigenvalue weighted by Gasteiger charge is -2.37. The highest BCUT2D eigenvalue weighted by molar-refractivity contribution is 6.01. The summed E-state index contributed by atoms with van der Waals surface area (Å²) in [7, 11) is 1.43. The van der Waals surface area contributed by atoms with E-state index in [-0.39, 0.29) is 24.0 Å². The highest BCUT2D eigenvalue weighted by Crippen LogP contribution is 2.58. The van der Waals surface area contributed by atoms with Crippen LogP contribution in [0.15, 0.2) is 72.8 Å². The number of allylic oxidation sites excluding steroid dienone is 2. The van der Waals surface area contributed by atoms with Crippen LogP contribution in [0.1, 0.15) is 30.9 Å². The van der Waals surface area contributed by atoms with Crippen molar-refractivity contribution in [2.75, 3.05) is 7.11 Å². The molecular formula is C25H24O4. The molecule has 0 spiro atoms. The smallest absolute Gasteiger partial charge is 0.316 e. The van der Waals surface area contributed by atoms with Crippen molar-refractivity contribution in [1.82, 2.24) is 0 Å². The van der Waals surface area contributed by atoms with Gasteiger partial charge in [0.05, 0.1) is 12.5 Å². The third kappa shape index (κ3) is 3.39. The van der Waals surface area contributed by atoms with Crippen LogP contribution in [0.3, 0.4) is 0 Å². The summed E-state index contributed by atoms with van der Waals surface area (Å²) in [5.41, 5.74) is 3.66. The van der Waals surface area contributed by atoms with Crippen molar-refractivity contribution in [3.8, 4) is 0 Å². The summed E-state index contributed by atoms with van der Waals surface area (Å²) in [6, 6.07) is 20.3. The summed E-state index contributed by atoms with van der Waals surface area (Å²) in [6.45, 7) is 1.41. The van der Waals surface area contributed by atoms with E-state index in [2.05, 4.69) is 24.3 Å². The highest BCUT2D eigenvalue weighted by Gasteiger charge is 2.54. The molecular weight excluding hydrogens is 364 g/mol. The average molecular weight is 388 g/mol. The van der Waals surface area contributed by atoms with Crippen molar-refractivity contribution in [2.24, 2.45) is 11.3 Å². The van der Waals surface area contributed by atoms with Crippen LogP contribution in [-0.4, -0.2) is 25.2 Å². The summed E-state index contributed by atoms with van der Waals surface area (Å²) in [5.74, 6) is -0.710. The Balaban J connectivity index is 1.89. The molecule has 3 atom stereocenters. The quantitative estimate of drug-likeness (QED) is 0.564. The molecule has 0 aromatic heterocycles. The summed E-state index contributed by atoms with van der Waals surface area (Å²) < 4.78 is 10.7. The lowest BCUT2D eigenvalue weighted by Crippen LogP contribution is -2.40. The minimum absolute atomic E-state index is 0.137. The van der Waals surface area contributed by atoms with E-state index in [0.29, 0.717) is 12.8 Å². The standard InChI is InChI=1S/C25H24O4/c1-17(26)29-20-13-14-25(24(27)28-2)16-21(18-9-5-3-6-10-18)23(22(25)15-20)19-11-7-4-8-12-19/h3-14,20,22H,15-16H2,1-2H3/t20-,22-,25-/m0/s1. The van der Waals surface area contributed by atoms with E-state index in [1.807, 2.05) is 48.6 Å². The van der Waals surface area contributed by atoms with Crippen LogP contribution in [0.2, 0.25) is 0 Å². The Morgan fingerprint density at radius 2 is 1.59 bits per heavy atom. The fourth-order valence-corrected chi connectivity index (χ4v) is 4.74. The van der Waals surface area contributed by atoms with Crippen molar-refractivity contribution in [3.05, 3.63) is 83.9 Å². The minimum Gasteiger partial charge on any atom is -0.468 e. The molecule has 0 N–H and O–H groups in total. The maximum atomic E-state index is 13.0. The lowest BCUT2D eigenvalue weighted by atomic mass is 9.68. The molecule has 0 unspecified atom stereocenters. The number of hydrogen-bond acceptors (Lipinski definition) is 4. The van der Waals surface area contributed by atoms with Crippen LogP contribution >= 0.6 is 0 Å². The largest absolute Gasteiger partial charge is 0.468 e. The average Bonchev–Trinajstić information content (AvgIpc) is 3.10. The molecule has 0 amide bonds. The second-order valence-electron chi connectivity index (χ2n) is 7.63. The Kier molecular flexibility index (Phi) is 5.10. The number of fused-ring (bicyclic) bond motifs is 1. The van der Waals surface area contributed by atoms with Gasteiger partial charge in [0, 0.05) is 12.8 Å². The maximum Gasteiger partial charge on any atom is 0.316 e. The van der Waals surface area contributed by atoms with Crippen LogP contribution in [0.25, 0.3) is 11.1 Å². The molecule has 0 bridgehead atoms. The second-order valence-corrected chi connectivity index (χ2v) is 7.63. The number of carbonyl (C=O) groups excluding carboxylic acids is 2. The van der Waals surface area contributed by atoms with Crippen LogP contribution in [0.5, 0.6) is 0 Å². The molecule has 0 heterocycles. The molecule has 2 aliphatic carbocycles. The number of carbonyl (C=O) groups is 2. The van der Waals surface area contributed by atoms with Crippen molar-refractivity contribution >= 4 is 23.1 Å². The summed E-state index contributed by atoms with van der Waals surface area (Å²) in [5, 5.41) is 0. The SMILES string of the molecule is COC(=O)[C@]12C=C[C@H](OC(C)=O)C[C@H]1C(c1ccccc1)=C(c1ccccc1)C2. The first-order chi connectivity index (χ1) is 14.0. The topological polar surface area (TPSA) is 52.6 Å². The van der Waals surface area contributed by atoms with E-state index in [1.54, 1.807) is 0 Å². The number of rotatable bonds is 4. The summed E-state index contributed by atoms with van der Waals surface area (Å²) in [6.07, 6.45) is 4.49. The first-order valence-electron chi connectivity index (χ1n) is 9.84. The third-order valence-electron chi connectivity index (χ3n) is 5.93. The molecule has 0 saturated carbocycles. The zero-order chi connectivity index (χ0) is 20.4. The van der Waals surface area contributed by atoms with Gasteiger partial charge in [-0.15, -0.1) is 0 Å². The molecule has 29 heavy (non-hydrogen) atoms. The first kappa shape index (κ1) is 19.2. The highest BCUT2D eigenvalue weighted by atomic mass is 16.5. The van der Waals surface area contributed by atoms with Gasteiger partial charge in [-0.1, -0.05) is 66.7 Å². The van der Waals surface area contributed by atoms with E-state index in [9.17, 15) is 9.59 Å². The van der Waals surface area contributed by atoms with Gasteiger partial charge < -0.3 is 9.47 Å². The fraction of sp³-hybridized carbons (Fsp3) is 0.280. The predicted octanol–water partition coefficient (Wildman–Crippen LogP) is 4.67. The van der Waals surface area contributed by atoms with Gasteiger partial charge in [0.2, 0.25) is 0 Å². The maximum absolute atomic E-state index is 13.0. The van der Waals surface area contributed by atoms with Crippen molar-refractivity contribution < 1.29 is 19.1 Å². The molecule has 0 aliphatic heterocycles. The molecule has 4 heteroatoms. The molecule has 0 saturated heterocycles. The van der Waals surface area contributed by atoms with Gasteiger partial charge in [0.25, 0.3) is 0 Å². The Morgan fingerprint density at radius 1 is 0.966 bits per heavy atom. The summed E-state index contributed by atoms with van der Waals surface area (Å²) in [4.78, 5) is 24.6. The normalized spacial score (nSPS) is 25.4. The van der Waals surface area contributed by atoms with Gasteiger partial charge in [0.15, 0.2) is 0 Å². The Hall–Kier alpha value is -3.14. The van der Waals surface area contributed by atoms with Crippen LogP contribution in [-0.2, 0) is 19.1 Å². The van der Waals surface area contributed by atoms with Crippen LogP contribution in [0.4, 0.5) is 0 Å². The van der Waals surface area contributed by atoms with E-state index >= 15 is 0 Å². The molecule has 4 rings (SSSR count). The molecule has 148 valence electrons. The lowest BCUT2D eigenvalue weighted by molar-refractivity contribution is -0.153. The zero-order valence-corrected chi connectivity index (χ0v) is 16.6. The minimum atomic E-state index is -0.790. The first-order valence-corrected chi connectivity index (χ1v) is 9.84. The van der Waals surface area contributed by atoms with Crippen LogP contribution in [0, 0.1) is 11.3 Å². The Bertz CT molecular complexity index is 974. The summed E-state index contributed by atoms with van der Waals surface area (Å²) >= 11 is 0. The Labute approximate surface area is 170 Å².